The fraction of sp³-hybridized carbons (Fsp3) is 0.174. The van der Waals surface area contributed by atoms with E-state index >= 15 is 0 Å². The molecule has 0 saturated carbocycles. The summed E-state index contributed by atoms with van der Waals surface area (Å²) < 4.78 is 5.30. The van der Waals surface area contributed by atoms with Crippen molar-refractivity contribution in [1.29, 1.82) is 0 Å². The minimum atomic E-state index is -0.663. The molecule has 0 aromatic heterocycles. The van der Waals surface area contributed by atoms with Crippen LogP contribution in [0.15, 0.2) is 78.9 Å². The molecular formula is C23H23NO2. The molecule has 3 rings (SSSR count). The Bertz CT molecular complexity index is 840. The molecule has 0 saturated heterocycles. The molecule has 3 aromatic rings. The molecule has 3 nitrogen and oxygen atoms in total. The Balaban J connectivity index is 1.56. The van der Waals surface area contributed by atoms with Gasteiger partial charge in [-0.15, -0.1) is 0 Å². The number of hydrogen-bond donors (Lipinski definition) is 1. The quantitative estimate of drug-likeness (QED) is 0.679. The lowest BCUT2D eigenvalue weighted by Gasteiger charge is -2.12. The first kappa shape index (κ1) is 17.9. The summed E-state index contributed by atoms with van der Waals surface area (Å²) in [6, 6.07) is 25.5. The summed E-state index contributed by atoms with van der Waals surface area (Å²) in [7, 11) is 0. The molecule has 0 radical (unpaired) electrons. The van der Waals surface area contributed by atoms with Gasteiger partial charge in [0, 0.05) is 0 Å². The van der Waals surface area contributed by atoms with Gasteiger partial charge in [-0.1, -0.05) is 84.4 Å². The van der Waals surface area contributed by atoms with Gasteiger partial charge in [-0.3, -0.25) is 4.79 Å². The van der Waals surface area contributed by atoms with Gasteiger partial charge >= 0.3 is 5.97 Å². The maximum atomic E-state index is 12.1. The standard InChI is InChI=1S/C23H23NO2/c1-17-7-11-20(12-8-17)21-13-9-18(10-14-21)15-22(24)23(25)26-16-19-5-3-2-4-6-19/h2-14,22H,15-16,24H2,1H3/t22-/m0/s1. The molecule has 132 valence electrons. The zero-order valence-electron chi connectivity index (χ0n) is 14.9. The van der Waals surface area contributed by atoms with Crippen molar-refractivity contribution in [3.63, 3.8) is 0 Å². The van der Waals surface area contributed by atoms with E-state index in [1.54, 1.807) is 0 Å². The lowest BCUT2D eigenvalue weighted by Crippen LogP contribution is -2.34. The first-order valence-electron chi connectivity index (χ1n) is 8.74. The van der Waals surface area contributed by atoms with Gasteiger partial charge in [0.2, 0.25) is 0 Å². The Morgan fingerprint density at radius 3 is 2.04 bits per heavy atom. The lowest BCUT2D eigenvalue weighted by molar-refractivity contribution is -0.146. The minimum absolute atomic E-state index is 0.250. The number of esters is 1. The Hall–Kier alpha value is -2.91. The molecule has 2 N–H and O–H groups in total. The SMILES string of the molecule is Cc1ccc(-c2ccc(C[C@H](N)C(=O)OCc3ccccc3)cc2)cc1. The molecule has 0 heterocycles. The van der Waals surface area contributed by atoms with Gasteiger partial charge in [0.25, 0.3) is 0 Å². The number of carbonyl (C=O) groups excluding carboxylic acids is 1. The van der Waals surface area contributed by atoms with Crippen LogP contribution in [0.3, 0.4) is 0 Å². The van der Waals surface area contributed by atoms with E-state index in [4.69, 9.17) is 10.5 Å². The van der Waals surface area contributed by atoms with Gasteiger partial charge < -0.3 is 10.5 Å². The fourth-order valence-electron chi connectivity index (χ4n) is 2.75. The van der Waals surface area contributed by atoms with Gasteiger partial charge in [0.15, 0.2) is 0 Å². The van der Waals surface area contributed by atoms with Crippen molar-refractivity contribution in [2.75, 3.05) is 0 Å². The van der Waals surface area contributed by atoms with Crippen molar-refractivity contribution >= 4 is 5.97 Å². The molecule has 3 heteroatoms. The van der Waals surface area contributed by atoms with E-state index in [2.05, 4.69) is 43.3 Å². The van der Waals surface area contributed by atoms with Crippen LogP contribution >= 0.6 is 0 Å². The highest BCUT2D eigenvalue weighted by atomic mass is 16.5. The predicted octanol–water partition coefficient (Wildman–Crippen LogP) is 4.28. The Labute approximate surface area is 154 Å². The second-order valence-electron chi connectivity index (χ2n) is 6.47. The Morgan fingerprint density at radius 2 is 1.42 bits per heavy atom. The van der Waals surface area contributed by atoms with Crippen LogP contribution in [-0.4, -0.2) is 12.0 Å². The van der Waals surface area contributed by atoms with Crippen LogP contribution in [0.25, 0.3) is 11.1 Å². The van der Waals surface area contributed by atoms with E-state index in [-0.39, 0.29) is 12.6 Å². The van der Waals surface area contributed by atoms with Crippen molar-refractivity contribution in [2.45, 2.75) is 26.0 Å². The molecule has 0 unspecified atom stereocenters. The molecule has 0 fully saturated rings. The largest absolute Gasteiger partial charge is 0.460 e. The number of hydrogen-bond acceptors (Lipinski definition) is 3. The maximum Gasteiger partial charge on any atom is 0.323 e. The number of ether oxygens (including phenoxy) is 1. The summed E-state index contributed by atoms with van der Waals surface area (Å²) >= 11 is 0. The van der Waals surface area contributed by atoms with Crippen molar-refractivity contribution in [3.05, 3.63) is 95.6 Å². The molecule has 0 aliphatic carbocycles. The second kappa shape index (κ2) is 8.45. The van der Waals surface area contributed by atoms with E-state index in [1.807, 2.05) is 42.5 Å². The Kier molecular flexibility index (Phi) is 5.82. The fourth-order valence-corrected chi connectivity index (χ4v) is 2.75. The summed E-state index contributed by atoms with van der Waals surface area (Å²) in [6.07, 6.45) is 0.460. The van der Waals surface area contributed by atoms with Crippen LogP contribution < -0.4 is 5.73 Å². The monoisotopic (exact) mass is 345 g/mol. The molecule has 0 bridgehead atoms. The topological polar surface area (TPSA) is 52.3 Å². The predicted molar refractivity (Wildman–Crippen MR) is 105 cm³/mol. The first-order chi connectivity index (χ1) is 12.6. The van der Waals surface area contributed by atoms with Crippen LogP contribution in [0.5, 0.6) is 0 Å². The molecule has 3 aromatic carbocycles. The molecule has 0 amide bonds. The van der Waals surface area contributed by atoms with Crippen LogP contribution in [0.1, 0.15) is 16.7 Å². The first-order valence-corrected chi connectivity index (χ1v) is 8.74. The molecule has 0 spiro atoms. The van der Waals surface area contributed by atoms with Gasteiger partial charge in [-0.05, 0) is 35.6 Å². The van der Waals surface area contributed by atoms with Gasteiger partial charge in [-0.25, -0.2) is 0 Å². The van der Waals surface area contributed by atoms with Gasteiger partial charge in [0.1, 0.15) is 12.6 Å². The van der Waals surface area contributed by atoms with E-state index < -0.39 is 6.04 Å². The summed E-state index contributed by atoms with van der Waals surface area (Å²) in [4.78, 5) is 12.1. The molecular weight excluding hydrogens is 322 g/mol. The summed E-state index contributed by atoms with van der Waals surface area (Å²) in [5, 5.41) is 0. The Morgan fingerprint density at radius 1 is 0.846 bits per heavy atom. The van der Waals surface area contributed by atoms with Crippen molar-refractivity contribution in [3.8, 4) is 11.1 Å². The maximum absolute atomic E-state index is 12.1. The number of aryl methyl sites for hydroxylation is 1. The second-order valence-corrected chi connectivity index (χ2v) is 6.47. The van der Waals surface area contributed by atoms with Crippen molar-refractivity contribution < 1.29 is 9.53 Å². The summed E-state index contributed by atoms with van der Waals surface area (Å²) in [5.74, 6) is -0.378. The van der Waals surface area contributed by atoms with E-state index in [0.717, 1.165) is 16.7 Å². The third-order valence-electron chi connectivity index (χ3n) is 4.32. The third kappa shape index (κ3) is 4.80. The summed E-state index contributed by atoms with van der Waals surface area (Å²) in [5.41, 5.74) is 11.5. The molecule has 0 aliphatic heterocycles. The molecule has 1 atom stereocenters. The minimum Gasteiger partial charge on any atom is -0.460 e. The average molecular weight is 345 g/mol. The normalized spacial score (nSPS) is 11.8. The van der Waals surface area contributed by atoms with E-state index in [1.165, 1.54) is 11.1 Å². The number of benzene rings is 3. The third-order valence-corrected chi connectivity index (χ3v) is 4.32. The molecule has 26 heavy (non-hydrogen) atoms. The van der Waals surface area contributed by atoms with Crippen LogP contribution in [0.4, 0.5) is 0 Å². The summed E-state index contributed by atoms with van der Waals surface area (Å²) in [6.45, 7) is 2.32. The number of carbonyl (C=O) groups is 1. The molecule has 0 aliphatic rings. The highest BCUT2D eigenvalue weighted by molar-refractivity contribution is 5.76. The zero-order valence-corrected chi connectivity index (χ0v) is 14.9. The number of nitrogens with two attached hydrogens (primary N) is 1. The van der Waals surface area contributed by atoms with Gasteiger partial charge in [-0.2, -0.15) is 0 Å². The van der Waals surface area contributed by atoms with Crippen molar-refractivity contribution in [2.24, 2.45) is 5.73 Å². The van der Waals surface area contributed by atoms with E-state index in [0.29, 0.717) is 6.42 Å². The highest BCUT2D eigenvalue weighted by Crippen LogP contribution is 2.20. The van der Waals surface area contributed by atoms with Gasteiger partial charge in [0.05, 0.1) is 0 Å². The van der Waals surface area contributed by atoms with Crippen molar-refractivity contribution in [1.82, 2.24) is 0 Å². The lowest BCUT2D eigenvalue weighted by atomic mass is 10.0. The van der Waals surface area contributed by atoms with Crippen LogP contribution in [-0.2, 0) is 22.6 Å². The van der Waals surface area contributed by atoms with Crippen LogP contribution in [0, 0.1) is 6.92 Å². The van der Waals surface area contributed by atoms with Crippen LogP contribution in [0.2, 0.25) is 0 Å². The smallest absolute Gasteiger partial charge is 0.323 e. The van der Waals surface area contributed by atoms with E-state index in [9.17, 15) is 4.79 Å². The zero-order chi connectivity index (χ0) is 18.4. The number of rotatable bonds is 6. The highest BCUT2D eigenvalue weighted by Gasteiger charge is 2.15. The average Bonchev–Trinajstić information content (AvgIpc) is 2.68.